The monoisotopic (exact) mass is 296 g/mol. The highest BCUT2D eigenvalue weighted by Gasteiger charge is 2.06. The summed E-state index contributed by atoms with van der Waals surface area (Å²) >= 11 is 1.69. The highest BCUT2D eigenvalue weighted by Crippen LogP contribution is 2.09. The van der Waals surface area contributed by atoms with Crippen LogP contribution in [0, 0.1) is 0 Å². The minimum atomic E-state index is -3.59. The molecule has 0 saturated carbocycles. The molecule has 0 amide bonds. The van der Waals surface area contributed by atoms with Crippen LogP contribution in [0.15, 0.2) is 46.0 Å². The number of nitrogens with one attached hydrogen (secondary N) is 1. The molecule has 2 rings (SSSR count). The van der Waals surface area contributed by atoms with E-state index in [4.69, 9.17) is 5.14 Å². The molecule has 0 unspecified atom stereocenters. The van der Waals surface area contributed by atoms with E-state index in [9.17, 15) is 8.42 Å². The highest BCUT2D eigenvalue weighted by molar-refractivity contribution is 7.89. The van der Waals surface area contributed by atoms with Gasteiger partial charge in [-0.25, -0.2) is 13.6 Å². The molecule has 0 aliphatic rings. The van der Waals surface area contributed by atoms with Gasteiger partial charge in [-0.1, -0.05) is 12.1 Å². The van der Waals surface area contributed by atoms with Crippen LogP contribution in [-0.4, -0.2) is 15.0 Å². The Morgan fingerprint density at radius 1 is 1.11 bits per heavy atom. The number of nitrogens with two attached hydrogens (primary N) is 1. The Morgan fingerprint density at radius 2 is 1.84 bits per heavy atom. The molecule has 1 aromatic carbocycles. The summed E-state index contributed by atoms with van der Waals surface area (Å²) < 4.78 is 22.2. The van der Waals surface area contributed by atoms with Gasteiger partial charge in [0, 0.05) is 6.54 Å². The van der Waals surface area contributed by atoms with Crippen LogP contribution in [0.4, 0.5) is 0 Å². The summed E-state index contributed by atoms with van der Waals surface area (Å²) in [5.41, 5.74) is 2.37. The van der Waals surface area contributed by atoms with Gasteiger partial charge in [0.05, 0.1) is 4.90 Å². The maximum absolute atomic E-state index is 11.1. The van der Waals surface area contributed by atoms with Crippen LogP contribution in [0.2, 0.25) is 0 Å². The summed E-state index contributed by atoms with van der Waals surface area (Å²) in [6, 6.07) is 8.78. The number of hydrogen-bond acceptors (Lipinski definition) is 4. The van der Waals surface area contributed by atoms with E-state index in [1.54, 1.807) is 35.6 Å². The van der Waals surface area contributed by atoms with Crippen molar-refractivity contribution < 1.29 is 8.42 Å². The number of rotatable bonds is 6. The SMILES string of the molecule is NS(=O)(=O)c1ccc(CCNCc2ccsc2)cc1. The molecular weight excluding hydrogens is 280 g/mol. The van der Waals surface area contributed by atoms with Crippen LogP contribution in [0.25, 0.3) is 0 Å². The Labute approximate surface area is 117 Å². The lowest BCUT2D eigenvalue weighted by Crippen LogP contribution is -2.16. The number of thiophene rings is 1. The molecule has 0 saturated heterocycles. The summed E-state index contributed by atoms with van der Waals surface area (Å²) in [6.07, 6.45) is 0.856. The zero-order valence-corrected chi connectivity index (χ0v) is 12.0. The predicted octanol–water partition coefficient (Wildman–Crippen LogP) is 1.73. The second kappa shape index (κ2) is 6.29. The van der Waals surface area contributed by atoms with Crippen molar-refractivity contribution in [2.45, 2.75) is 17.9 Å². The van der Waals surface area contributed by atoms with Crippen LogP contribution in [0.5, 0.6) is 0 Å². The lowest BCUT2D eigenvalue weighted by atomic mass is 10.1. The normalized spacial score (nSPS) is 11.6. The average molecular weight is 296 g/mol. The summed E-state index contributed by atoms with van der Waals surface area (Å²) in [5.74, 6) is 0. The van der Waals surface area contributed by atoms with E-state index in [1.807, 2.05) is 0 Å². The van der Waals surface area contributed by atoms with Crippen molar-refractivity contribution in [1.82, 2.24) is 5.32 Å². The quantitative estimate of drug-likeness (QED) is 0.797. The third-order valence-corrected chi connectivity index (χ3v) is 4.41. The minimum Gasteiger partial charge on any atom is -0.312 e. The summed E-state index contributed by atoms with van der Waals surface area (Å²) in [4.78, 5) is 0.155. The largest absolute Gasteiger partial charge is 0.312 e. The Balaban J connectivity index is 1.80. The van der Waals surface area contributed by atoms with Crippen molar-refractivity contribution in [2.24, 2.45) is 5.14 Å². The highest BCUT2D eigenvalue weighted by atomic mass is 32.2. The van der Waals surface area contributed by atoms with Crippen molar-refractivity contribution in [3.8, 4) is 0 Å². The first-order valence-corrected chi connectivity index (χ1v) is 8.38. The Bertz CT molecular complexity index is 605. The predicted molar refractivity (Wildman–Crippen MR) is 77.5 cm³/mol. The molecule has 0 aliphatic heterocycles. The first-order chi connectivity index (χ1) is 9.05. The molecule has 0 spiro atoms. The maximum atomic E-state index is 11.1. The zero-order valence-electron chi connectivity index (χ0n) is 10.4. The molecule has 19 heavy (non-hydrogen) atoms. The van der Waals surface area contributed by atoms with Gasteiger partial charge in [-0.05, 0) is 53.1 Å². The third-order valence-electron chi connectivity index (χ3n) is 2.75. The Hall–Kier alpha value is -1.21. The average Bonchev–Trinajstić information content (AvgIpc) is 2.87. The van der Waals surface area contributed by atoms with E-state index in [0.29, 0.717) is 0 Å². The van der Waals surface area contributed by atoms with Gasteiger partial charge >= 0.3 is 0 Å². The first-order valence-electron chi connectivity index (χ1n) is 5.89. The minimum absolute atomic E-state index is 0.155. The van der Waals surface area contributed by atoms with Crippen LogP contribution < -0.4 is 10.5 Å². The van der Waals surface area contributed by atoms with Crippen LogP contribution in [-0.2, 0) is 23.0 Å². The molecule has 2 aromatic rings. The van der Waals surface area contributed by atoms with Gasteiger partial charge in [-0.2, -0.15) is 11.3 Å². The van der Waals surface area contributed by atoms with Crippen LogP contribution in [0.1, 0.15) is 11.1 Å². The van der Waals surface area contributed by atoms with E-state index in [0.717, 1.165) is 25.1 Å². The molecule has 4 nitrogen and oxygen atoms in total. The molecule has 1 aromatic heterocycles. The van der Waals surface area contributed by atoms with Gasteiger partial charge in [0.25, 0.3) is 0 Å². The zero-order chi connectivity index (χ0) is 13.7. The van der Waals surface area contributed by atoms with E-state index in [-0.39, 0.29) is 4.90 Å². The number of benzene rings is 1. The topological polar surface area (TPSA) is 72.2 Å². The number of sulfonamides is 1. The standard InChI is InChI=1S/C13H16N2O2S2/c14-19(16,17)13-3-1-11(2-4-13)5-7-15-9-12-6-8-18-10-12/h1-4,6,8,10,15H,5,7,9H2,(H2,14,16,17). The maximum Gasteiger partial charge on any atom is 0.238 e. The summed E-state index contributed by atoms with van der Waals surface area (Å²) in [5, 5.41) is 12.6. The molecule has 0 aliphatic carbocycles. The van der Waals surface area contributed by atoms with Crippen LogP contribution >= 0.6 is 11.3 Å². The van der Waals surface area contributed by atoms with Crippen molar-refractivity contribution in [2.75, 3.05) is 6.54 Å². The van der Waals surface area contributed by atoms with Gasteiger partial charge in [0.2, 0.25) is 10.0 Å². The van der Waals surface area contributed by atoms with E-state index < -0.39 is 10.0 Å². The Morgan fingerprint density at radius 3 is 2.42 bits per heavy atom. The molecule has 102 valence electrons. The lowest BCUT2D eigenvalue weighted by molar-refractivity contribution is 0.597. The van der Waals surface area contributed by atoms with E-state index in [1.165, 1.54) is 5.56 Å². The Kier molecular flexibility index (Phi) is 4.71. The number of primary sulfonamides is 1. The van der Waals surface area contributed by atoms with Gasteiger partial charge in [0.15, 0.2) is 0 Å². The van der Waals surface area contributed by atoms with Gasteiger partial charge in [-0.15, -0.1) is 0 Å². The van der Waals surface area contributed by atoms with Crippen molar-refractivity contribution in [3.63, 3.8) is 0 Å². The van der Waals surface area contributed by atoms with Crippen molar-refractivity contribution in [3.05, 3.63) is 52.2 Å². The first kappa shape index (κ1) is 14.2. The molecular formula is C13H16N2O2S2. The number of hydrogen-bond donors (Lipinski definition) is 2. The molecule has 0 atom stereocenters. The molecule has 3 N–H and O–H groups in total. The van der Waals surface area contributed by atoms with Crippen molar-refractivity contribution >= 4 is 21.4 Å². The molecule has 0 radical (unpaired) electrons. The summed E-state index contributed by atoms with van der Waals surface area (Å²) in [6.45, 7) is 1.71. The molecule has 0 bridgehead atoms. The fourth-order valence-corrected chi connectivity index (χ4v) is 2.89. The second-order valence-corrected chi connectivity index (χ2v) is 6.59. The van der Waals surface area contributed by atoms with E-state index in [2.05, 4.69) is 22.1 Å². The van der Waals surface area contributed by atoms with E-state index >= 15 is 0 Å². The fraction of sp³-hybridized carbons (Fsp3) is 0.231. The van der Waals surface area contributed by atoms with Crippen molar-refractivity contribution in [1.29, 1.82) is 0 Å². The van der Waals surface area contributed by atoms with Gasteiger partial charge < -0.3 is 5.32 Å². The van der Waals surface area contributed by atoms with Gasteiger partial charge in [0.1, 0.15) is 0 Å². The lowest BCUT2D eigenvalue weighted by Gasteiger charge is -2.04. The third kappa shape index (κ3) is 4.43. The molecule has 6 heteroatoms. The second-order valence-electron chi connectivity index (χ2n) is 4.25. The molecule has 0 fully saturated rings. The fourth-order valence-electron chi connectivity index (χ4n) is 1.70. The summed E-state index contributed by atoms with van der Waals surface area (Å²) in [7, 11) is -3.59. The molecule has 1 heterocycles. The van der Waals surface area contributed by atoms with Crippen LogP contribution in [0.3, 0.4) is 0 Å². The smallest absolute Gasteiger partial charge is 0.238 e. The van der Waals surface area contributed by atoms with Gasteiger partial charge in [-0.3, -0.25) is 0 Å².